The highest BCUT2D eigenvalue weighted by Gasteiger charge is 2.24. The first kappa shape index (κ1) is 62.6. The molecule has 0 saturated heterocycles. The van der Waals surface area contributed by atoms with E-state index in [1.807, 2.05) is 0 Å². The second kappa shape index (κ2) is 52.6. The Morgan fingerprint density at radius 2 is 0.750 bits per heavy atom. The zero-order valence-electron chi connectivity index (χ0n) is 43.4. The van der Waals surface area contributed by atoms with Crippen LogP contribution in [0.15, 0.2) is 12.2 Å². The monoisotopic (exact) mass is 904 g/mol. The number of nitrogens with one attached hydrogen (secondary N) is 1. The topological polar surface area (TPSA) is 95.9 Å². The highest BCUT2D eigenvalue weighted by atomic mass is 16.5. The fourth-order valence-corrected chi connectivity index (χ4v) is 9.19. The van der Waals surface area contributed by atoms with Crippen molar-refractivity contribution in [1.82, 2.24) is 5.32 Å². The van der Waals surface area contributed by atoms with E-state index in [1.54, 1.807) is 0 Å². The van der Waals surface area contributed by atoms with Crippen molar-refractivity contribution in [3.63, 3.8) is 0 Å². The van der Waals surface area contributed by atoms with Crippen molar-refractivity contribution in [2.75, 3.05) is 6.61 Å². The third kappa shape index (κ3) is 47.1. The molecule has 0 saturated carbocycles. The number of allylic oxidation sites excluding steroid dienone is 2. The van der Waals surface area contributed by atoms with Crippen LogP contribution >= 0.6 is 0 Å². The number of carbonyl (C=O) groups is 2. The summed E-state index contributed by atoms with van der Waals surface area (Å²) in [6.07, 6.45) is 60.0. The lowest BCUT2D eigenvalue weighted by Gasteiger charge is -2.24. The first-order chi connectivity index (χ1) is 31.5. The number of esters is 1. The van der Waals surface area contributed by atoms with Gasteiger partial charge in [0.2, 0.25) is 5.91 Å². The lowest BCUT2D eigenvalue weighted by atomic mass is 10.0. The van der Waals surface area contributed by atoms with Gasteiger partial charge in [0, 0.05) is 6.42 Å². The second-order valence-corrected chi connectivity index (χ2v) is 20.1. The maximum atomic E-state index is 13.2. The summed E-state index contributed by atoms with van der Waals surface area (Å²) in [6.45, 7) is 6.50. The van der Waals surface area contributed by atoms with Gasteiger partial charge in [-0.1, -0.05) is 270 Å². The molecular weight excluding hydrogens is 791 g/mol. The third-order valence-corrected chi connectivity index (χ3v) is 13.6. The van der Waals surface area contributed by atoms with Crippen molar-refractivity contribution < 1.29 is 24.5 Å². The molecule has 6 heteroatoms. The summed E-state index contributed by atoms with van der Waals surface area (Å²) < 4.78 is 5.96. The molecule has 3 N–H and O–H groups in total. The Balaban J connectivity index is 4.46. The van der Waals surface area contributed by atoms with E-state index >= 15 is 0 Å². The van der Waals surface area contributed by atoms with Crippen molar-refractivity contribution >= 4 is 11.9 Å². The molecule has 0 aliphatic heterocycles. The lowest BCUT2D eigenvalue weighted by molar-refractivity contribution is -0.151. The minimum Gasteiger partial charge on any atom is -0.462 e. The van der Waals surface area contributed by atoms with Crippen molar-refractivity contribution in [2.24, 2.45) is 0 Å². The quantitative estimate of drug-likeness (QED) is 0.0321. The predicted octanol–water partition coefficient (Wildman–Crippen LogP) is 17.7. The van der Waals surface area contributed by atoms with Crippen LogP contribution in [0.1, 0.15) is 323 Å². The first-order valence-corrected chi connectivity index (χ1v) is 28.9. The molecule has 0 aliphatic rings. The summed E-state index contributed by atoms with van der Waals surface area (Å²) in [5, 5.41) is 23.8. The van der Waals surface area contributed by atoms with Gasteiger partial charge >= 0.3 is 5.97 Å². The molecule has 0 bridgehead atoms. The summed E-state index contributed by atoms with van der Waals surface area (Å²) >= 11 is 0. The predicted molar refractivity (Wildman–Crippen MR) is 278 cm³/mol. The summed E-state index contributed by atoms with van der Waals surface area (Å²) in [5.41, 5.74) is 0. The van der Waals surface area contributed by atoms with Crippen LogP contribution in [0.25, 0.3) is 0 Å². The Morgan fingerprint density at radius 3 is 1.11 bits per heavy atom. The van der Waals surface area contributed by atoms with Crippen LogP contribution in [0.3, 0.4) is 0 Å². The normalized spacial score (nSPS) is 13.1. The minimum absolute atomic E-state index is 0.0819. The zero-order chi connectivity index (χ0) is 46.7. The van der Waals surface area contributed by atoms with Crippen molar-refractivity contribution in [2.45, 2.75) is 341 Å². The average Bonchev–Trinajstić information content (AvgIpc) is 3.29. The fraction of sp³-hybridized carbons (Fsp3) is 0.931. The molecule has 3 unspecified atom stereocenters. The van der Waals surface area contributed by atoms with Gasteiger partial charge in [0.1, 0.15) is 6.10 Å². The maximum absolute atomic E-state index is 13.2. The molecule has 0 radical (unpaired) electrons. The van der Waals surface area contributed by atoms with Gasteiger partial charge in [0.25, 0.3) is 0 Å². The molecule has 3 atom stereocenters. The van der Waals surface area contributed by atoms with Gasteiger partial charge < -0.3 is 20.3 Å². The van der Waals surface area contributed by atoms with Crippen LogP contribution in [0.4, 0.5) is 0 Å². The van der Waals surface area contributed by atoms with Crippen molar-refractivity contribution in [1.29, 1.82) is 0 Å². The van der Waals surface area contributed by atoms with E-state index in [0.29, 0.717) is 19.3 Å². The SMILES string of the molecule is CCCCCCCC/C=C/CCCCCCCCCC(CC(=O)NC(CO)C(O)CCCCCCCCCCC)OC(=O)CCCCCCCCCCCCCCCCCCCCC. The van der Waals surface area contributed by atoms with E-state index in [0.717, 1.165) is 51.4 Å². The molecule has 64 heavy (non-hydrogen) atoms. The molecule has 0 aromatic rings. The molecule has 0 fully saturated rings. The molecule has 1 amide bonds. The standard InChI is InChI=1S/C58H113NO5/c1-4-7-10-13-16-19-21-23-25-27-28-30-32-34-36-39-42-45-48-51-58(63)64-54(49-46-43-40-38-35-33-31-29-26-24-22-20-17-14-11-8-5-2)52-57(62)59-55(53-60)56(61)50-47-44-41-37-18-15-12-9-6-3/h24,26,54-56,60-61H,4-23,25,27-53H2,1-3H3,(H,59,62)/b26-24+. The van der Waals surface area contributed by atoms with Gasteiger partial charge in [-0.2, -0.15) is 0 Å². The number of aliphatic hydroxyl groups excluding tert-OH is 2. The number of hydrogen-bond acceptors (Lipinski definition) is 5. The van der Waals surface area contributed by atoms with Gasteiger partial charge in [-0.25, -0.2) is 0 Å². The Bertz CT molecular complexity index is 970. The van der Waals surface area contributed by atoms with E-state index in [2.05, 4.69) is 38.2 Å². The van der Waals surface area contributed by atoms with Crippen LogP contribution < -0.4 is 5.32 Å². The van der Waals surface area contributed by atoms with E-state index in [-0.39, 0.29) is 24.9 Å². The summed E-state index contributed by atoms with van der Waals surface area (Å²) in [5.74, 6) is -0.456. The first-order valence-electron chi connectivity index (χ1n) is 28.9. The lowest BCUT2D eigenvalue weighted by Crippen LogP contribution is -2.46. The minimum atomic E-state index is -0.782. The zero-order valence-corrected chi connectivity index (χ0v) is 43.4. The number of rotatable bonds is 53. The number of aliphatic hydroxyl groups is 2. The van der Waals surface area contributed by atoms with Gasteiger partial charge in [-0.05, 0) is 51.4 Å². The second-order valence-electron chi connectivity index (χ2n) is 20.1. The molecule has 0 aromatic carbocycles. The molecular formula is C58H113NO5. The molecule has 0 rings (SSSR count). The average molecular weight is 905 g/mol. The molecule has 0 spiro atoms. The van der Waals surface area contributed by atoms with E-state index in [4.69, 9.17) is 4.74 Å². The van der Waals surface area contributed by atoms with Crippen LogP contribution in [0.2, 0.25) is 0 Å². The third-order valence-electron chi connectivity index (χ3n) is 13.6. The van der Waals surface area contributed by atoms with Crippen LogP contribution in [-0.4, -0.2) is 46.9 Å². The molecule has 6 nitrogen and oxygen atoms in total. The Kier molecular flexibility index (Phi) is 51.4. The van der Waals surface area contributed by atoms with Crippen LogP contribution in [0.5, 0.6) is 0 Å². The number of amides is 1. The van der Waals surface area contributed by atoms with Crippen LogP contribution in [0, 0.1) is 0 Å². The summed E-state index contributed by atoms with van der Waals surface area (Å²) in [4.78, 5) is 26.2. The largest absolute Gasteiger partial charge is 0.462 e. The highest BCUT2D eigenvalue weighted by molar-refractivity contribution is 5.77. The molecule has 0 aliphatic carbocycles. The van der Waals surface area contributed by atoms with E-state index in [9.17, 15) is 19.8 Å². The fourth-order valence-electron chi connectivity index (χ4n) is 9.19. The smallest absolute Gasteiger partial charge is 0.306 e. The van der Waals surface area contributed by atoms with Gasteiger partial charge in [0.15, 0.2) is 0 Å². The van der Waals surface area contributed by atoms with Gasteiger partial charge in [-0.15, -0.1) is 0 Å². The van der Waals surface area contributed by atoms with E-state index in [1.165, 1.54) is 225 Å². The Morgan fingerprint density at radius 1 is 0.438 bits per heavy atom. The number of unbranched alkanes of at least 4 members (excludes halogenated alkanes) is 39. The van der Waals surface area contributed by atoms with Crippen molar-refractivity contribution in [3.05, 3.63) is 12.2 Å². The summed E-state index contributed by atoms with van der Waals surface area (Å²) in [6, 6.07) is -0.696. The molecule has 0 aromatic heterocycles. The number of hydrogen-bond donors (Lipinski definition) is 3. The van der Waals surface area contributed by atoms with Gasteiger partial charge in [0.05, 0.1) is 25.2 Å². The Hall–Kier alpha value is -1.40. The van der Waals surface area contributed by atoms with Gasteiger partial charge in [-0.3, -0.25) is 9.59 Å². The van der Waals surface area contributed by atoms with Crippen LogP contribution in [-0.2, 0) is 14.3 Å². The van der Waals surface area contributed by atoms with Crippen molar-refractivity contribution in [3.8, 4) is 0 Å². The maximum Gasteiger partial charge on any atom is 0.306 e. The summed E-state index contributed by atoms with van der Waals surface area (Å²) in [7, 11) is 0. The Labute approximate surface area is 399 Å². The number of ether oxygens (including phenoxy) is 1. The molecule has 380 valence electrons. The molecule has 0 heterocycles. The van der Waals surface area contributed by atoms with E-state index < -0.39 is 18.2 Å². The highest BCUT2D eigenvalue weighted by Crippen LogP contribution is 2.19. The number of carbonyl (C=O) groups excluding carboxylic acids is 2.